The number of nitrogens with two attached hydrogens (primary N) is 1. The highest BCUT2D eigenvalue weighted by molar-refractivity contribution is 5.37. The highest BCUT2D eigenvalue weighted by atomic mass is 16.5. The van der Waals surface area contributed by atoms with Gasteiger partial charge in [0.1, 0.15) is 18.8 Å². The predicted octanol–water partition coefficient (Wildman–Crippen LogP) is 0.518. The van der Waals surface area contributed by atoms with E-state index in [1.54, 1.807) is 12.0 Å². The van der Waals surface area contributed by atoms with E-state index in [1.807, 2.05) is 0 Å². The summed E-state index contributed by atoms with van der Waals surface area (Å²) in [4.78, 5) is 1.73. The fraction of sp³-hybridized carbons (Fsp3) is 0.625. The van der Waals surface area contributed by atoms with Crippen molar-refractivity contribution in [2.75, 3.05) is 26.7 Å². The molecule has 1 aromatic carbocycles. The Labute approximate surface area is 116 Å². The third-order valence-corrected chi connectivity index (χ3v) is 4.13. The molecule has 1 aliphatic rings. The molecule has 1 aromatic rings. The highest BCUT2D eigenvalue weighted by Gasteiger charge is 2.31. The molecule has 3 heteroatoms. The standard InChI is InChI=1S/C16H26N2O/c1-4-8-18(9-5-2)16-12-17-11-13-6-7-14(19-3)10-15(13)16/h6-7,10,16-17H,4-5,8-9,11-12H2,1-3H3/p+2/t16-/m0/s1. The van der Waals surface area contributed by atoms with Gasteiger partial charge in [-0.3, -0.25) is 0 Å². The molecule has 0 aliphatic carbocycles. The van der Waals surface area contributed by atoms with Crippen molar-refractivity contribution in [1.29, 1.82) is 0 Å². The summed E-state index contributed by atoms with van der Waals surface area (Å²) in [5.74, 6) is 0.998. The largest absolute Gasteiger partial charge is 0.497 e. The first-order valence-corrected chi connectivity index (χ1v) is 7.63. The van der Waals surface area contributed by atoms with E-state index < -0.39 is 0 Å². The van der Waals surface area contributed by atoms with E-state index in [4.69, 9.17) is 4.74 Å². The summed E-state index contributed by atoms with van der Waals surface area (Å²) in [5.41, 5.74) is 3.00. The summed E-state index contributed by atoms with van der Waals surface area (Å²) in [7, 11) is 1.76. The van der Waals surface area contributed by atoms with Crippen molar-refractivity contribution < 1.29 is 15.0 Å². The van der Waals surface area contributed by atoms with Crippen molar-refractivity contribution >= 4 is 0 Å². The molecule has 0 saturated heterocycles. The molecule has 0 unspecified atom stereocenters. The molecule has 1 heterocycles. The number of rotatable bonds is 6. The van der Waals surface area contributed by atoms with Gasteiger partial charge in [-0.15, -0.1) is 0 Å². The Morgan fingerprint density at radius 1 is 1.26 bits per heavy atom. The van der Waals surface area contributed by atoms with Crippen LogP contribution in [0.1, 0.15) is 43.9 Å². The van der Waals surface area contributed by atoms with E-state index in [0.29, 0.717) is 6.04 Å². The van der Waals surface area contributed by atoms with E-state index in [-0.39, 0.29) is 0 Å². The molecular weight excluding hydrogens is 236 g/mol. The summed E-state index contributed by atoms with van der Waals surface area (Å²) < 4.78 is 5.41. The Bertz CT molecular complexity index is 400. The van der Waals surface area contributed by atoms with Crippen molar-refractivity contribution in [1.82, 2.24) is 0 Å². The topological polar surface area (TPSA) is 30.3 Å². The van der Waals surface area contributed by atoms with Crippen LogP contribution in [0.25, 0.3) is 0 Å². The molecule has 0 bridgehead atoms. The average Bonchev–Trinajstić information content (AvgIpc) is 2.46. The van der Waals surface area contributed by atoms with Gasteiger partial charge < -0.3 is 15.0 Å². The minimum atomic E-state index is 0.624. The first-order valence-electron chi connectivity index (χ1n) is 7.63. The van der Waals surface area contributed by atoms with Crippen LogP contribution in [0.5, 0.6) is 5.75 Å². The first kappa shape index (κ1) is 14.4. The number of benzene rings is 1. The second-order valence-corrected chi connectivity index (χ2v) is 5.50. The normalized spacial score (nSPS) is 18.4. The molecule has 0 spiro atoms. The van der Waals surface area contributed by atoms with Gasteiger partial charge in [0.25, 0.3) is 0 Å². The van der Waals surface area contributed by atoms with Gasteiger partial charge in [0.05, 0.1) is 20.2 Å². The quantitative estimate of drug-likeness (QED) is 0.771. The molecule has 19 heavy (non-hydrogen) atoms. The SMILES string of the molecule is CCC[NH+](CCC)[C@H]1C[NH2+]Cc2ccc(OC)cc21. The van der Waals surface area contributed by atoms with Gasteiger partial charge in [-0.2, -0.15) is 0 Å². The van der Waals surface area contributed by atoms with Gasteiger partial charge in [0, 0.05) is 11.1 Å². The smallest absolute Gasteiger partial charge is 0.163 e. The number of hydrogen-bond acceptors (Lipinski definition) is 1. The van der Waals surface area contributed by atoms with Crippen LogP contribution >= 0.6 is 0 Å². The number of quaternary nitrogens is 2. The molecule has 0 saturated carbocycles. The van der Waals surface area contributed by atoms with Gasteiger partial charge in [-0.1, -0.05) is 13.8 Å². The molecule has 0 fully saturated rings. The zero-order valence-electron chi connectivity index (χ0n) is 12.5. The lowest BCUT2D eigenvalue weighted by Gasteiger charge is -2.31. The van der Waals surface area contributed by atoms with Gasteiger partial charge in [-0.05, 0) is 31.0 Å². The van der Waals surface area contributed by atoms with Gasteiger partial charge in [0.15, 0.2) is 6.04 Å². The molecule has 1 atom stereocenters. The lowest BCUT2D eigenvalue weighted by atomic mass is 9.94. The Kier molecular flexibility index (Phi) is 5.23. The second-order valence-electron chi connectivity index (χ2n) is 5.50. The summed E-state index contributed by atoms with van der Waals surface area (Å²) in [5, 5.41) is 2.45. The number of hydrogen-bond donors (Lipinski definition) is 2. The first-order chi connectivity index (χ1) is 9.30. The van der Waals surface area contributed by atoms with Gasteiger partial charge in [-0.25, -0.2) is 0 Å². The van der Waals surface area contributed by atoms with Crippen LogP contribution in [0.2, 0.25) is 0 Å². The van der Waals surface area contributed by atoms with Crippen molar-refractivity contribution in [3.63, 3.8) is 0 Å². The number of methoxy groups -OCH3 is 1. The summed E-state index contributed by atoms with van der Waals surface area (Å²) in [6.07, 6.45) is 2.51. The third-order valence-electron chi connectivity index (χ3n) is 4.13. The molecule has 0 radical (unpaired) electrons. The van der Waals surface area contributed by atoms with Crippen molar-refractivity contribution in [2.24, 2.45) is 0 Å². The lowest BCUT2D eigenvalue weighted by Crippen LogP contribution is -3.15. The Morgan fingerprint density at radius 3 is 2.63 bits per heavy atom. The fourth-order valence-corrected chi connectivity index (χ4v) is 3.25. The van der Waals surface area contributed by atoms with Crippen LogP contribution in [-0.2, 0) is 6.54 Å². The average molecular weight is 264 g/mol. The van der Waals surface area contributed by atoms with Crippen LogP contribution in [0, 0.1) is 0 Å². The Morgan fingerprint density at radius 2 is 2.00 bits per heavy atom. The zero-order chi connectivity index (χ0) is 13.7. The minimum Gasteiger partial charge on any atom is -0.497 e. The number of fused-ring (bicyclic) bond motifs is 1. The molecular formula is C16H28N2O+2. The number of nitrogens with one attached hydrogen (secondary N) is 1. The number of ether oxygens (including phenoxy) is 1. The maximum Gasteiger partial charge on any atom is 0.163 e. The Hall–Kier alpha value is -1.06. The summed E-state index contributed by atoms with van der Waals surface area (Å²) in [6.45, 7) is 9.42. The van der Waals surface area contributed by atoms with Crippen molar-refractivity contribution in [3.8, 4) is 5.75 Å². The molecule has 0 amide bonds. The van der Waals surface area contributed by atoms with Crippen LogP contribution in [0.4, 0.5) is 0 Å². The van der Waals surface area contributed by atoms with E-state index in [1.165, 1.54) is 43.6 Å². The maximum absolute atomic E-state index is 5.41. The summed E-state index contributed by atoms with van der Waals surface area (Å²) in [6, 6.07) is 7.22. The second kappa shape index (κ2) is 6.92. The van der Waals surface area contributed by atoms with E-state index in [0.717, 1.165) is 12.3 Å². The van der Waals surface area contributed by atoms with E-state index in [2.05, 4.69) is 37.4 Å². The highest BCUT2D eigenvalue weighted by Crippen LogP contribution is 2.23. The van der Waals surface area contributed by atoms with Crippen LogP contribution in [0.15, 0.2) is 18.2 Å². The van der Waals surface area contributed by atoms with Crippen LogP contribution in [0.3, 0.4) is 0 Å². The molecule has 1 aliphatic heterocycles. The van der Waals surface area contributed by atoms with Gasteiger partial charge >= 0.3 is 0 Å². The maximum atomic E-state index is 5.41. The molecule has 106 valence electrons. The molecule has 0 aromatic heterocycles. The monoisotopic (exact) mass is 264 g/mol. The van der Waals surface area contributed by atoms with Crippen LogP contribution in [-0.4, -0.2) is 26.7 Å². The molecule has 3 nitrogen and oxygen atoms in total. The van der Waals surface area contributed by atoms with E-state index >= 15 is 0 Å². The molecule has 3 N–H and O–H groups in total. The minimum absolute atomic E-state index is 0.624. The Balaban J connectivity index is 2.27. The lowest BCUT2D eigenvalue weighted by molar-refractivity contribution is -0.948. The summed E-state index contributed by atoms with van der Waals surface area (Å²) >= 11 is 0. The van der Waals surface area contributed by atoms with Crippen molar-refractivity contribution in [3.05, 3.63) is 29.3 Å². The predicted molar refractivity (Wildman–Crippen MR) is 77.5 cm³/mol. The van der Waals surface area contributed by atoms with Crippen molar-refractivity contribution in [2.45, 2.75) is 39.3 Å². The zero-order valence-corrected chi connectivity index (χ0v) is 12.5. The van der Waals surface area contributed by atoms with Gasteiger partial charge in [0.2, 0.25) is 0 Å². The molecule has 2 rings (SSSR count). The van der Waals surface area contributed by atoms with E-state index in [9.17, 15) is 0 Å². The van der Waals surface area contributed by atoms with Crippen LogP contribution < -0.4 is 15.0 Å². The third kappa shape index (κ3) is 3.28. The fourth-order valence-electron chi connectivity index (χ4n) is 3.25.